The molecule has 0 bridgehead atoms. The molecule has 2 aliphatic rings. The van der Waals surface area contributed by atoms with Crippen LogP contribution in [0.4, 0.5) is 0 Å². The Morgan fingerprint density at radius 1 is 0.962 bits per heavy atom. The number of carbonyl (C=O) groups excluding carboxylic acids is 2. The van der Waals surface area contributed by atoms with Gasteiger partial charge in [-0.25, -0.2) is 0 Å². The van der Waals surface area contributed by atoms with Gasteiger partial charge in [0, 0.05) is 21.0 Å². The van der Waals surface area contributed by atoms with Crippen LogP contribution in [0.3, 0.4) is 0 Å². The highest BCUT2D eigenvalue weighted by molar-refractivity contribution is 5.66. The second-order valence-corrected chi connectivity index (χ2v) is 6.64. The van der Waals surface area contributed by atoms with Crippen LogP contribution in [0.15, 0.2) is 0 Å². The largest absolute Gasteiger partial charge is 0.463 e. The second-order valence-electron chi connectivity index (χ2n) is 6.64. The van der Waals surface area contributed by atoms with Gasteiger partial charge in [-0.2, -0.15) is 0 Å². The Balaban J connectivity index is 2.06. The van der Waals surface area contributed by atoms with Crippen molar-refractivity contribution in [2.75, 3.05) is 13.7 Å². The van der Waals surface area contributed by atoms with E-state index in [1.807, 2.05) is 0 Å². The van der Waals surface area contributed by atoms with Crippen molar-refractivity contribution in [2.24, 2.45) is 0 Å². The van der Waals surface area contributed by atoms with Crippen molar-refractivity contribution in [3.8, 4) is 0 Å². The third-order valence-electron chi connectivity index (χ3n) is 4.49. The quantitative estimate of drug-likeness (QED) is 0.447. The lowest BCUT2D eigenvalue weighted by molar-refractivity contribution is -0.279. The predicted molar refractivity (Wildman–Crippen MR) is 90.2 cm³/mol. The van der Waals surface area contributed by atoms with Gasteiger partial charge in [0.2, 0.25) is 0 Å². The minimum Gasteiger partial charge on any atom is -0.463 e. The molecule has 2 heterocycles. The number of methoxy groups -OCH3 is 1. The van der Waals surface area contributed by atoms with Gasteiger partial charge < -0.3 is 28.4 Å². The minimum absolute atomic E-state index is 0.0229. The average Bonchev–Trinajstić information content (AvgIpc) is 3.01. The van der Waals surface area contributed by atoms with Gasteiger partial charge in [0.15, 0.2) is 18.7 Å². The van der Waals surface area contributed by atoms with Crippen molar-refractivity contribution >= 4 is 11.9 Å². The van der Waals surface area contributed by atoms with Crippen LogP contribution in [-0.2, 0) is 38.0 Å². The molecule has 8 heteroatoms. The number of hydrogen-bond acceptors (Lipinski definition) is 8. The molecule has 0 saturated carbocycles. The maximum Gasteiger partial charge on any atom is 0.303 e. The smallest absolute Gasteiger partial charge is 0.303 e. The first kappa shape index (κ1) is 21.1. The van der Waals surface area contributed by atoms with E-state index in [1.54, 1.807) is 0 Å². The fourth-order valence-corrected chi connectivity index (χ4v) is 3.29. The summed E-state index contributed by atoms with van der Waals surface area (Å²) < 4.78 is 33.6. The summed E-state index contributed by atoms with van der Waals surface area (Å²) in [4.78, 5) is 22.6. The summed E-state index contributed by atoms with van der Waals surface area (Å²) in [6.45, 7) is 4.83. The Bertz CT molecular complexity index is 468. The van der Waals surface area contributed by atoms with Gasteiger partial charge in [-0.1, -0.05) is 26.2 Å². The Kier molecular flexibility index (Phi) is 8.27. The van der Waals surface area contributed by atoms with E-state index in [4.69, 9.17) is 28.4 Å². The van der Waals surface area contributed by atoms with Crippen LogP contribution in [0.2, 0.25) is 0 Å². The number of fused-ring (bicyclic) bond motifs is 1. The topological polar surface area (TPSA) is 89.5 Å². The highest BCUT2D eigenvalue weighted by atomic mass is 16.8. The minimum atomic E-state index is -0.817. The Morgan fingerprint density at radius 3 is 2.31 bits per heavy atom. The van der Waals surface area contributed by atoms with Gasteiger partial charge in [-0.05, 0) is 12.8 Å². The monoisotopic (exact) mass is 374 g/mol. The molecule has 8 nitrogen and oxygen atoms in total. The Morgan fingerprint density at radius 2 is 1.69 bits per heavy atom. The van der Waals surface area contributed by atoms with E-state index >= 15 is 0 Å². The van der Waals surface area contributed by atoms with Crippen molar-refractivity contribution in [3.63, 3.8) is 0 Å². The summed E-state index contributed by atoms with van der Waals surface area (Å²) in [6.07, 6.45) is 1.61. The molecule has 0 aliphatic carbocycles. The molecular weight excluding hydrogens is 344 g/mol. The standard InChI is InChI=1S/C18H30O8/c1-5-6-7-8-9-14-25-15-13(10-22-11(2)19)24-18(21-4)17(16(15)26-14)23-12(3)20/h13-18H,5-10H2,1-4H3/t13-,14?,15+,16+,17-,18+/m1/s1. The molecule has 0 radical (unpaired) electrons. The van der Waals surface area contributed by atoms with E-state index in [9.17, 15) is 9.59 Å². The van der Waals surface area contributed by atoms with E-state index in [0.29, 0.717) is 0 Å². The fraction of sp³-hybridized carbons (Fsp3) is 0.889. The van der Waals surface area contributed by atoms with Crippen molar-refractivity contribution in [2.45, 2.75) is 89.9 Å². The maximum absolute atomic E-state index is 11.5. The summed E-state index contributed by atoms with van der Waals surface area (Å²) in [5.41, 5.74) is 0. The molecule has 0 aromatic heterocycles. The van der Waals surface area contributed by atoms with Gasteiger partial charge >= 0.3 is 11.9 Å². The van der Waals surface area contributed by atoms with E-state index in [0.717, 1.165) is 25.7 Å². The molecule has 1 unspecified atom stereocenters. The molecule has 6 atom stereocenters. The second kappa shape index (κ2) is 10.2. The summed E-state index contributed by atoms with van der Waals surface area (Å²) in [5.74, 6) is -0.857. The van der Waals surface area contributed by atoms with Gasteiger partial charge in [-0.3, -0.25) is 9.59 Å². The molecule has 150 valence electrons. The zero-order chi connectivity index (χ0) is 19.1. The van der Waals surface area contributed by atoms with Gasteiger partial charge in [0.25, 0.3) is 0 Å². The molecular formula is C18H30O8. The molecule has 0 aromatic carbocycles. The lowest BCUT2D eigenvalue weighted by Crippen LogP contribution is -2.59. The predicted octanol–water partition coefficient (Wildman–Crippen LogP) is 1.93. The summed E-state index contributed by atoms with van der Waals surface area (Å²) >= 11 is 0. The van der Waals surface area contributed by atoms with Crippen molar-refractivity contribution in [3.05, 3.63) is 0 Å². The van der Waals surface area contributed by atoms with Gasteiger partial charge in [0.1, 0.15) is 24.9 Å². The molecule has 26 heavy (non-hydrogen) atoms. The molecule has 0 N–H and O–H groups in total. The third-order valence-corrected chi connectivity index (χ3v) is 4.49. The SMILES string of the molecule is CCCCCCC1O[C@H]2[C@@H](O1)[C@@H](COC(C)=O)O[C@H](OC)[C@@H]2OC(C)=O. The Labute approximate surface area is 154 Å². The highest BCUT2D eigenvalue weighted by Gasteiger charge is 2.54. The van der Waals surface area contributed by atoms with Crippen LogP contribution in [0.5, 0.6) is 0 Å². The van der Waals surface area contributed by atoms with E-state index in [1.165, 1.54) is 27.4 Å². The molecule has 2 rings (SSSR count). The van der Waals surface area contributed by atoms with Gasteiger partial charge in [-0.15, -0.1) is 0 Å². The molecule has 0 spiro atoms. The van der Waals surface area contributed by atoms with Gasteiger partial charge in [0.05, 0.1) is 0 Å². The molecule has 2 saturated heterocycles. The fourth-order valence-electron chi connectivity index (χ4n) is 3.29. The van der Waals surface area contributed by atoms with Crippen molar-refractivity contribution in [1.29, 1.82) is 0 Å². The first-order valence-corrected chi connectivity index (χ1v) is 9.26. The first-order valence-electron chi connectivity index (χ1n) is 9.26. The van der Waals surface area contributed by atoms with Crippen LogP contribution in [0.1, 0.15) is 52.9 Å². The van der Waals surface area contributed by atoms with Crippen LogP contribution >= 0.6 is 0 Å². The summed E-state index contributed by atoms with van der Waals surface area (Å²) in [5, 5.41) is 0. The zero-order valence-electron chi connectivity index (χ0n) is 16.0. The normalized spacial score (nSPS) is 33.5. The number of esters is 2. The van der Waals surface area contributed by atoms with Crippen molar-refractivity contribution in [1.82, 2.24) is 0 Å². The molecule has 0 amide bonds. The van der Waals surface area contributed by atoms with E-state index < -0.39 is 48.9 Å². The Hall–Kier alpha value is -1.22. The summed E-state index contributed by atoms with van der Waals surface area (Å²) in [7, 11) is 1.46. The molecule has 0 aromatic rings. The molecule has 2 fully saturated rings. The lowest BCUT2D eigenvalue weighted by Gasteiger charge is -2.40. The number of rotatable bonds is 9. The highest BCUT2D eigenvalue weighted by Crippen LogP contribution is 2.36. The van der Waals surface area contributed by atoms with E-state index in [2.05, 4.69) is 6.92 Å². The zero-order valence-corrected chi connectivity index (χ0v) is 16.0. The van der Waals surface area contributed by atoms with Crippen LogP contribution in [0, 0.1) is 0 Å². The maximum atomic E-state index is 11.5. The number of carbonyl (C=O) groups is 2. The number of ether oxygens (including phenoxy) is 6. The van der Waals surface area contributed by atoms with Crippen LogP contribution in [0.25, 0.3) is 0 Å². The first-order chi connectivity index (χ1) is 12.5. The summed E-state index contributed by atoms with van der Waals surface area (Å²) in [6, 6.07) is 0. The van der Waals surface area contributed by atoms with Crippen molar-refractivity contribution < 1.29 is 38.0 Å². The van der Waals surface area contributed by atoms with Crippen LogP contribution in [-0.4, -0.2) is 62.7 Å². The average molecular weight is 374 g/mol. The van der Waals surface area contributed by atoms with E-state index in [-0.39, 0.29) is 6.61 Å². The number of unbranched alkanes of at least 4 members (excludes halogenated alkanes) is 3. The lowest BCUT2D eigenvalue weighted by atomic mass is 9.99. The molecule has 2 aliphatic heterocycles. The third kappa shape index (κ3) is 5.64. The van der Waals surface area contributed by atoms with Crippen LogP contribution < -0.4 is 0 Å². The number of hydrogen-bond donors (Lipinski definition) is 0.